The van der Waals surface area contributed by atoms with E-state index in [1.165, 1.54) is 0 Å². The quantitative estimate of drug-likeness (QED) is 0.717. The van der Waals surface area contributed by atoms with Crippen LogP contribution in [0, 0.1) is 5.41 Å². The number of fused-ring (bicyclic) bond motifs is 1. The van der Waals surface area contributed by atoms with Crippen molar-refractivity contribution in [1.82, 2.24) is 5.32 Å². The molecule has 1 saturated heterocycles. The number of rotatable bonds is 1. The van der Waals surface area contributed by atoms with Crippen molar-refractivity contribution < 1.29 is 13.9 Å². The minimum Gasteiger partial charge on any atom is -0.459 e. The van der Waals surface area contributed by atoms with Crippen LogP contribution in [-0.4, -0.2) is 30.3 Å². The molecule has 2 rings (SSSR count). The topological polar surface area (TPSA) is 38.3 Å². The Morgan fingerprint density at radius 1 is 1.24 bits per heavy atom. The van der Waals surface area contributed by atoms with Crippen LogP contribution in [0.15, 0.2) is 0 Å². The molecule has 0 aromatic rings. The number of esters is 1. The Balaban J connectivity index is 2.24. The number of alkyl halides is 1. The second-order valence-corrected chi connectivity index (χ2v) is 6.36. The van der Waals surface area contributed by atoms with Crippen molar-refractivity contribution in [3.8, 4) is 0 Å². The van der Waals surface area contributed by atoms with Crippen LogP contribution in [0.25, 0.3) is 0 Å². The summed E-state index contributed by atoms with van der Waals surface area (Å²) in [6, 6.07) is 0. The summed E-state index contributed by atoms with van der Waals surface area (Å²) in [5, 5.41) is 3.04. The van der Waals surface area contributed by atoms with Gasteiger partial charge in [-0.25, -0.2) is 4.39 Å². The Hall–Kier alpha value is -0.640. The number of nitrogens with one attached hydrogen (secondary N) is 1. The van der Waals surface area contributed by atoms with Gasteiger partial charge >= 0.3 is 5.97 Å². The fourth-order valence-electron chi connectivity index (χ4n) is 3.01. The van der Waals surface area contributed by atoms with E-state index in [-0.39, 0.29) is 12.5 Å². The van der Waals surface area contributed by atoms with Crippen LogP contribution >= 0.6 is 0 Å². The van der Waals surface area contributed by atoms with Crippen LogP contribution in [0.3, 0.4) is 0 Å². The van der Waals surface area contributed by atoms with Gasteiger partial charge in [0.15, 0.2) is 0 Å². The van der Waals surface area contributed by atoms with Gasteiger partial charge < -0.3 is 10.1 Å². The molecule has 17 heavy (non-hydrogen) atoms. The number of carbonyl (C=O) groups is 1. The zero-order valence-corrected chi connectivity index (χ0v) is 10.9. The summed E-state index contributed by atoms with van der Waals surface area (Å²) in [6.45, 7) is 6.18. The van der Waals surface area contributed by atoms with Gasteiger partial charge in [0.25, 0.3) is 0 Å². The number of halogens is 1. The Kier molecular flexibility index (Phi) is 2.97. The highest BCUT2D eigenvalue weighted by Gasteiger charge is 2.62. The van der Waals surface area contributed by atoms with Gasteiger partial charge in [-0.3, -0.25) is 4.79 Å². The van der Waals surface area contributed by atoms with Crippen molar-refractivity contribution in [2.75, 3.05) is 13.1 Å². The first kappa shape index (κ1) is 12.8. The van der Waals surface area contributed by atoms with E-state index >= 15 is 0 Å². The van der Waals surface area contributed by atoms with Crippen molar-refractivity contribution in [2.45, 2.75) is 57.7 Å². The monoisotopic (exact) mass is 243 g/mol. The molecule has 0 bridgehead atoms. The van der Waals surface area contributed by atoms with E-state index in [0.717, 1.165) is 12.8 Å². The summed E-state index contributed by atoms with van der Waals surface area (Å²) >= 11 is 0. The van der Waals surface area contributed by atoms with E-state index < -0.39 is 16.7 Å². The summed E-state index contributed by atoms with van der Waals surface area (Å²) in [6.07, 6.45) is 2.85. The van der Waals surface area contributed by atoms with Crippen LogP contribution in [0.4, 0.5) is 4.39 Å². The molecule has 1 aliphatic carbocycles. The number of ether oxygens (including phenoxy) is 1. The van der Waals surface area contributed by atoms with Gasteiger partial charge in [0.1, 0.15) is 16.7 Å². The fourth-order valence-corrected chi connectivity index (χ4v) is 3.01. The van der Waals surface area contributed by atoms with Crippen molar-refractivity contribution in [2.24, 2.45) is 5.41 Å². The third-order valence-electron chi connectivity index (χ3n) is 3.91. The molecule has 0 radical (unpaired) electrons. The summed E-state index contributed by atoms with van der Waals surface area (Å²) in [5.74, 6) is -0.364. The van der Waals surface area contributed by atoms with Crippen LogP contribution in [0.5, 0.6) is 0 Å². The maximum atomic E-state index is 14.9. The Morgan fingerprint density at radius 3 is 2.53 bits per heavy atom. The standard InChI is InChI=1S/C13H22FNO2/c1-11(2,3)17-10(16)12-6-4-5-7-13(12,14)9-15-8-12/h15H,4-9H2,1-3H3/t12-,13-/m0/s1. The lowest BCUT2D eigenvalue weighted by Gasteiger charge is -2.42. The van der Waals surface area contributed by atoms with E-state index in [1.807, 2.05) is 20.8 Å². The van der Waals surface area contributed by atoms with Crippen molar-refractivity contribution in [3.63, 3.8) is 0 Å². The molecule has 2 fully saturated rings. The van der Waals surface area contributed by atoms with Crippen LogP contribution in [-0.2, 0) is 9.53 Å². The molecular weight excluding hydrogens is 221 g/mol. The van der Waals surface area contributed by atoms with Gasteiger partial charge in [0.05, 0.1) is 0 Å². The van der Waals surface area contributed by atoms with Gasteiger partial charge in [0.2, 0.25) is 0 Å². The zero-order chi connectivity index (χ0) is 12.7. The maximum absolute atomic E-state index is 14.9. The number of hydrogen-bond acceptors (Lipinski definition) is 3. The molecule has 0 spiro atoms. The summed E-state index contributed by atoms with van der Waals surface area (Å²) in [4.78, 5) is 12.3. The molecule has 3 nitrogen and oxygen atoms in total. The minimum atomic E-state index is -1.41. The van der Waals surface area contributed by atoms with Crippen LogP contribution in [0.1, 0.15) is 46.5 Å². The third-order valence-corrected chi connectivity index (χ3v) is 3.91. The second-order valence-electron chi connectivity index (χ2n) is 6.36. The Labute approximate surface area is 102 Å². The zero-order valence-electron chi connectivity index (χ0n) is 10.9. The van der Waals surface area contributed by atoms with Gasteiger partial charge in [-0.2, -0.15) is 0 Å². The third kappa shape index (κ3) is 2.07. The average molecular weight is 243 g/mol. The molecule has 2 atom stereocenters. The molecular formula is C13H22FNO2. The first-order valence-electron chi connectivity index (χ1n) is 6.42. The van der Waals surface area contributed by atoms with Crippen LogP contribution < -0.4 is 5.32 Å². The molecule has 0 aromatic heterocycles. The van der Waals surface area contributed by atoms with Gasteiger partial charge in [-0.1, -0.05) is 12.8 Å². The lowest BCUT2D eigenvalue weighted by atomic mass is 9.66. The molecule has 0 aromatic carbocycles. The predicted octanol–water partition coefficient (Wildman–Crippen LogP) is 2.20. The highest BCUT2D eigenvalue weighted by molar-refractivity contribution is 5.80. The normalized spacial score (nSPS) is 37.6. The average Bonchev–Trinajstić information content (AvgIpc) is 2.53. The molecule has 0 unspecified atom stereocenters. The highest BCUT2D eigenvalue weighted by Crippen LogP contribution is 2.50. The Morgan fingerprint density at radius 2 is 1.88 bits per heavy atom. The van der Waals surface area contributed by atoms with Gasteiger partial charge in [0, 0.05) is 13.1 Å². The van der Waals surface area contributed by atoms with E-state index in [1.54, 1.807) is 0 Å². The summed E-state index contributed by atoms with van der Waals surface area (Å²) < 4.78 is 20.3. The Bertz CT molecular complexity index is 326. The van der Waals surface area contributed by atoms with Crippen LogP contribution in [0.2, 0.25) is 0 Å². The SMILES string of the molecule is CC(C)(C)OC(=O)[C@@]12CCCC[C@]1(F)CNC2. The van der Waals surface area contributed by atoms with E-state index in [2.05, 4.69) is 5.32 Å². The first-order valence-corrected chi connectivity index (χ1v) is 6.42. The van der Waals surface area contributed by atoms with Crippen molar-refractivity contribution >= 4 is 5.97 Å². The molecule has 1 N–H and O–H groups in total. The van der Waals surface area contributed by atoms with Gasteiger partial charge in [-0.05, 0) is 33.6 Å². The lowest BCUT2D eigenvalue weighted by molar-refractivity contribution is -0.178. The van der Waals surface area contributed by atoms with E-state index in [4.69, 9.17) is 4.74 Å². The molecule has 1 heterocycles. The maximum Gasteiger partial charge on any atom is 0.317 e. The fraction of sp³-hybridized carbons (Fsp3) is 0.923. The number of hydrogen-bond donors (Lipinski definition) is 1. The largest absolute Gasteiger partial charge is 0.459 e. The number of carbonyl (C=O) groups excluding carboxylic acids is 1. The lowest BCUT2D eigenvalue weighted by Crippen LogP contribution is -2.53. The smallest absolute Gasteiger partial charge is 0.317 e. The summed E-state index contributed by atoms with van der Waals surface area (Å²) in [5.41, 5.74) is -2.90. The van der Waals surface area contributed by atoms with E-state index in [9.17, 15) is 9.18 Å². The minimum absolute atomic E-state index is 0.284. The molecule has 0 amide bonds. The molecule has 1 saturated carbocycles. The molecule has 4 heteroatoms. The molecule has 2 aliphatic rings. The summed E-state index contributed by atoms with van der Waals surface area (Å²) in [7, 11) is 0. The van der Waals surface area contributed by atoms with Crippen molar-refractivity contribution in [1.29, 1.82) is 0 Å². The highest BCUT2D eigenvalue weighted by atomic mass is 19.1. The van der Waals surface area contributed by atoms with Crippen molar-refractivity contribution in [3.05, 3.63) is 0 Å². The first-order chi connectivity index (χ1) is 7.79. The van der Waals surface area contributed by atoms with E-state index in [0.29, 0.717) is 19.4 Å². The molecule has 1 aliphatic heterocycles. The molecule has 98 valence electrons. The van der Waals surface area contributed by atoms with Gasteiger partial charge in [-0.15, -0.1) is 0 Å². The second kappa shape index (κ2) is 3.94. The predicted molar refractivity (Wildman–Crippen MR) is 63.5 cm³/mol.